The van der Waals surface area contributed by atoms with Gasteiger partial charge in [0.15, 0.2) is 0 Å². The number of aliphatic carboxylic acids is 1. The van der Waals surface area contributed by atoms with Crippen LogP contribution >= 0.6 is 0 Å². The Morgan fingerprint density at radius 1 is 1.43 bits per heavy atom. The molecule has 7 heteroatoms. The summed E-state index contributed by atoms with van der Waals surface area (Å²) in [7, 11) is 1.39. The van der Waals surface area contributed by atoms with Gasteiger partial charge >= 0.3 is 5.97 Å². The van der Waals surface area contributed by atoms with Gasteiger partial charge in [0.2, 0.25) is 11.8 Å². The molecule has 1 fully saturated rings. The topological polar surface area (TPSA) is 77.9 Å². The number of carboxylic acids is 1. The second-order valence-electron chi connectivity index (χ2n) is 2.95. The Balaban J connectivity index is 2.76. The molecule has 0 aromatic rings. The molecule has 1 N–H and O–H groups in total. The van der Waals surface area contributed by atoms with Gasteiger partial charge in [-0.15, -0.1) is 0 Å². The zero-order valence-electron chi connectivity index (χ0n) is 7.44. The van der Waals surface area contributed by atoms with E-state index in [2.05, 4.69) is 0 Å². The van der Waals surface area contributed by atoms with Crippen LogP contribution < -0.4 is 0 Å². The summed E-state index contributed by atoms with van der Waals surface area (Å²) in [5, 5.41) is 8.31. The van der Waals surface area contributed by atoms with E-state index in [4.69, 9.17) is 5.11 Å². The van der Waals surface area contributed by atoms with Crippen LogP contribution in [0.15, 0.2) is 0 Å². The van der Waals surface area contributed by atoms with Crippen molar-refractivity contribution in [2.75, 3.05) is 20.1 Å². The molecule has 0 aromatic carbocycles. The molecule has 2 amide bonds. The van der Waals surface area contributed by atoms with E-state index in [0.717, 1.165) is 4.90 Å². The van der Waals surface area contributed by atoms with Gasteiger partial charge in [-0.25, -0.2) is 9.18 Å². The first-order valence-corrected chi connectivity index (χ1v) is 3.84. The van der Waals surface area contributed by atoms with E-state index in [9.17, 15) is 18.8 Å². The molecule has 6 nitrogen and oxygen atoms in total. The number of piperazine rings is 1. The van der Waals surface area contributed by atoms with Crippen molar-refractivity contribution in [3.63, 3.8) is 0 Å². The first kappa shape index (κ1) is 10.4. The number of amides is 2. The number of carbonyl (C=O) groups excluding carboxylic acids is 2. The highest BCUT2D eigenvalue weighted by molar-refractivity contribution is 5.94. The molecule has 1 aliphatic rings. The first-order valence-electron chi connectivity index (χ1n) is 3.84. The summed E-state index contributed by atoms with van der Waals surface area (Å²) in [6.07, 6.45) is -2.44. The minimum absolute atomic E-state index is 0.285. The Kier molecular flexibility index (Phi) is 2.68. The Bertz CT molecular complexity index is 293. The summed E-state index contributed by atoms with van der Waals surface area (Å²) in [5.41, 5.74) is 0. The number of hydrogen-bond donors (Lipinski definition) is 1. The highest BCUT2D eigenvalue weighted by Crippen LogP contribution is 2.08. The van der Waals surface area contributed by atoms with E-state index < -0.39 is 30.6 Å². The average molecular weight is 204 g/mol. The lowest BCUT2D eigenvalue weighted by Crippen LogP contribution is -2.56. The molecule has 0 radical (unpaired) electrons. The van der Waals surface area contributed by atoms with Crippen molar-refractivity contribution in [2.45, 2.75) is 6.30 Å². The molecule has 0 aliphatic carbocycles. The molecule has 1 rings (SSSR count). The summed E-state index contributed by atoms with van der Waals surface area (Å²) in [6.45, 7) is -0.810. The van der Waals surface area contributed by atoms with Crippen molar-refractivity contribution in [1.29, 1.82) is 0 Å². The van der Waals surface area contributed by atoms with Gasteiger partial charge in [-0.05, 0) is 0 Å². The lowest BCUT2D eigenvalue weighted by Gasteiger charge is -2.31. The van der Waals surface area contributed by atoms with Crippen molar-refractivity contribution in [1.82, 2.24) is 9.80 Å². The number of carbonyl (C=O) groups is 3. The van der Waals surface area contributed by atoms with Gasteiger partial charge in [0.05, 0.1) is 6.54 Å². The standard InChI is InChI=1S/C7H9FN2O4/c1-9-2-5(12)10(3-4(9)11)6(8)7(13)14/h6H,2-3H2,1H3,(H,13,14). The normalized spacial score (nSPS) is 19.9. The SMILES string of the molecule is CN1CC(=O)N(C(F)C(=O)O)CC1=O. The molecule has 0 saturated carbocycles. The summed E-state index contributed by atoms with van der Waals surface area (Å²) in [6, 6.07) is 0. The molecule has 1 aliphatic heterocycles. The summed E-state index contributed by atoms with van der Waals surface area (Å²) in [5.74, 6) is -2.95. The molecule has 0 aromatic heterocycles. The van der Waals surface area contributed by atoms with Crippen LogP contribution in [-0.4, -0.2) is 59.1 Å². The van der Waals surface area contributed by atoms with Gasteiger partial charge in [-0.1, -0.05) is 0 Å². The van der Waals surface area contributed by atoms with Gasteiger partial charge in [0.1, 0.15) is 6.54 Å². The van der Waals surface area contributed by atoms with Crippen LogP contribution in [0, 0.1) is 0 Å². The minimum atomic E-state index is -2.44. The molecular formula is C7H9FN2O4. The maximum absolute atomic E-state index is 12.9. The monoisotopic (exact) mass is 204 g/mol. The highest BCUT2D eigenvalue weighted by Gasteiger charge is 2.36. The highest BCUT2D eigenvalue weighted by atomic mass is 19.1. The predicted octanol–water partition coefficient (Wildman–Crippen LogP) is -1.33. The molecule has 1 saturated heterocycles. The Morgan fingerprint density at radius 2 is 2.00 bits per heavy atom. The Morgan fingerprint density at radius 3 is 2.50 bits per heavy atom. The fourth-order valence-corrected chi connectivity index (χ4v) is 1.08. The fraction of sp³-hybridized carbons (Fsp3) is 0.571. The maximum atomic E-state index is 12.9. The summed E-state index contributed by atoms with van der Waals surface area (Å²) < 4.78 is 12.9. The third kappa shape index (κ3) is 1.81. The van der Waals surface area contributed by atoms with Gasteiger partial charge in [-0.3, -0.25) is 14.5 Å². The van der Waals surface area contributed by atoms with E-state index >= 15 is 0 Å². The lowest BCUT2D eigenvalue weighted by molar-refractivity contribution is -0.164. The molecule has 0 bridgehead atoms. The van der Waals surface area contributed by atoms with E-state index in [1.165, 1.54) is 7.05 Å². The van der Waals surface area contributed by atoms with E-state index in [1.807, 2.05) is 0 Å². The second kappa shape index (κ2) is 3.60. The fourth-order valence-electron chi connectivity index (χ4n) is 1.08. The average Bonchev–Trinajstić information content (AvgIpc) is 2.10. The number of likely N-dealkylation sites (N-methyl/N-ethyl adjacent to an activating group) is 1. The van der Waals surface area contributed by atoms with Crippen molar-refractivity contribution in [2.24, 2.45) is 0 Å². The van der Waals surface area contributed by atoms with Crippen molar-refractivity contribution >= 4 is 17.8 Å². The van der Waals surface area contributed by atoms with E-state index in [1.54, 1.807) is 0 Å². The van der Waals surface area contributed by atoms with Gasteiger partial charge in [-0.2, -0.15) is 0 Å². The Labute approximate surface area is 78.9 Å². The van der Waals surface area contributed by atoms with Gasteiger partial charge in [0.25, 0.3) is 6.30 Å². The number of carboxylic acid groups (broad SMARTS) is 1. The summed E-state index contributed by atoms with van der Waals surface area (Å²) >= 11 is 0. The van der Waals surface area contributed by atoms with Gasteiger partial charge < -0.3 is 10.0 Å². The summed E-state index contributed by atoms with van der Waals surface area (Å²) in [4.78, 5) is 33.9. The largest absolute Gasteiger partial charge is 0.478 e. The molecule has 0 spiro atoms. The number of nitrogens with zero attached hydrogens (tertiary/aromatic N) is 2. The van der Waals surface area contributed by atoms with Crippen LogP contribution in [-0.2, 0) is 14.4 Å². The molecule has 78 valence electrons. The zero-order valence-corrected chi connectivity index (χ0v) is 7.44. The zero-order chi connectivity index (χ0) is 10.9. The number of hydrogen-bond acceptors (Lipinski definition) is 3. The predicted molar refractivity (Wildman–Crippen MR) is 41.9 cm³/mol. The van der Waals surface area contributed by atoms with Crippen LogP contribution in [0.1, 0.15) is 0 Å². The number of alkyl halides is 1. The lowest BCUT2D eigenvalue weighted by atomic mass is 10.3. The quantitative estimate of drug-likeness (QED) is 0.565. The van der Waals surface area contributed by atoms with E-state index in [-0.39, 0.29) is 6.54 Å². The molecule has 14 heavy (non-hydrogen) atoms. The van der Waals surface area contributed by atoms with Crippen LogP contribution in [0.2, 0.25) is 0 Å². The van der Waals surface area contributed by atoms with Crippen LogP contribution in [0.4, 0.5) is 4.39 Å². The van der Waals surface area contributed by atoms with Gasteiger partial charge in [0, 0.05) is 7.05 Å². The number of rotatable bonds is 2. The smallest absolute Gasteiger partial charge is 0.359 e. The molecular weight excluding hydrogens is 195 g/mol. The molecule has 1 atom stereocenters. The third-order valence-corrected chi connectivity index (χ3v) is 1.90. The Hall–Kier alpha value is -1.66. The molecule has 1 unspecified atom stereocenters. The van der Waals surface area contributed by atoms with Crippen molar-refractivity contribution in [3.8, 4) is 0 Å². The van der Waals surface area contributed by atoms with Crippen LogP contribution in [0.3, 0.4) is 0 Å². The van der Waals surface area contributed by atoms with Crippen molar-refractivity contribution in [3.05, 3.63) is 0 Å². The van der Waals surface area contributed by atoms with Crippen molar-refractivity contribution < 1.29 is 23.9 Å². The minimum Gasteiger partial charge on any atom is -0.478 e. The second-order valence-corrected chi connectivity index (χ2v) is 2.95. The van der Waals surface area contributed by atoms with E-state index in [0.29, 0.717) is 4.90 Å². The maximum Gasteiger partial charge on any atom is 0.359 e. The van der Waals surface area contributed by atoms with Crippen LogP contribution in [0.25, 0.3) is 0 Å². The third-order valence-electron chi connectivity index (χ3n) is 1.90. The number of halogens is 1. The molecule has 1 heterocycles. The van der Waals surface area contributed by atoms with Crippen LogP contribution in [0.5, 0.6) is 0 Å². The first-order chi connectivity index (χ1) is 6.43.